The molecular weight excluding hydrogens is 248 g/mol. The van der Waals surface area contributed by atoms with Crippen molar-refractivity contribution >= 4 is 5.78 Å². The van der Waals surface area contributed by atoms with Crippen LogP contribution in [0.5, 0.6) is 0 Å². The average molecular weight is 272 g/mol. The minimum absolute atomic E-state index is 0.277. The predicted molar refractivity (Wildman–Crippen MR) is 77.5 cm³/mol. The maximum atomic E-state index is 12.7. The smallest absolute Gasteiger partial charge is 0.198 e. The number of carbonyl (C=O) groups excluding carboxylic acids is 1. The highest BCUT2D eigenvalue weighted by molar-refractivity contribution is 5.93. The number of ketones is 1. The van der Waals surface area contributed by atoms with Crippen LogP contribution in [0.4, 0.5) is 0 Å². The summed E-state index contributed by atoms with van der Waals surface area (Å²) in [6, 6.07) is 0. The largest absolute Gasteiger partial charge is 0.329 e. The third-order valence-electron chi connectivity index (χ3n) is 6.01. The Morgan fingerprint density at radius 3 is 2.40 bits per heavy atom. The zero-order valence-electron chi connectivity index (χ0n) is 12.3. The number of carbonyl (C=O) groups is 1. The fourth-order valence-electron chi connectivity index (χ4n) is 5.74. The number of nitrogens with zero attached hydrogens (tertiary/aromatic N) is 2. The SMILES string of the molecule is CCn1ccnc1C(=O)CC12CC3CC(CC(C3)C1)C2. The number of aryl methyl sites for hydroxylation is 1. The highest BCUT2D eigenvalue weighted by Crippen LogP contribution is 2.61. The minimum atomic E-state index is 0.277. The summed E-state index contributed by atoms with van der Waals surface area (Å²) in [5.41, 5.74) is 0.330. The first kappa shape index (κ1) is 12.6. The van der Waals surface area contributed by atoms with Crippen LogP contribution in [0, 0.1) is 23.2 Å². The van der Waals surface area contributed by atoms with Crippen LogP contribution in [0.25, 0.3) is 0 Å². The monoisotopic (exact) mass is 272 g/mol. The summed E-state index contributed by atoms with van der Waals surface area (Å²) in [5, 5.41) is 0. The van der Waals surface area contributed by atoms with Gasteiger partial charge in [0.1, 0.15) is 0 Å². The van der Waals surface area contributed by atoms with E-state index in [-0.39, 0.29) is 5.78 Å². The van der Waals surface area contributed by atoms with Gasteiger partial charge in [-0.25, -0.2) is 4.98 Å². The van der Waals surface area contributed by atoms with Crippen LogP contribution < -0.4 is 0 Å². The van der Waals surface area contributed by atoms with Crippen molar-refractivity contribution in [1.29, 1.82) is 0 Å². The second-order valence-corrected chi connectivity index (χ2v) is 7.55. The summed E-state index contributed by atoms with van der Waals surface area (Å²) >= 11 is 0. The second-order valence-electron chi connectivity index (χ2n) is 7.55. The molecule has 1 heterocycles. The van der Waals surface area contributed by atoms with Crippen LogP contribution >= 0.6 is 0 Å². The molecule has 3 nitrogen and oxygen atoms in total. The van der Waals surface area contributed by atoms with Crippen molar-refractivity contribution in [2.75, 3.05) is 0 Å². The Balaban J connectivity index is 1.55. The molecule has 108 valence electrons. The number of imidazole rings is 1. The van der Waals surface area contributed by atoms with Crippen LogP contribution in [0.2, 0.25) is 0 Å². The molecule has 4 fully saturated rings. The third kappa shape index (κ3) is 1.94. The lowest BCUT2D eigenvalue weighted by Gasteiger charge is -2.56. The Morgan fingerprint density at radius 2 is 1.85 bits per heavy atom. The molecule has 0 spiro atoms. The highest BCUT2D eigenvalue weighted by Gasteiger charge is 2.51. The van der Waals surface area contributed by atoms with Crippen molar-refractivity contribution < 1.29 is 4.79 Å². The van der Waals surface area contributed by atoms with Crippen LogP contribution in [-0.4, -0.2) is 15.3 Å². The summed E-state index contributed by atoms with van der Waals surface area (Å²) in [6.07, 6.45) is 12.7. The van der Waals surface area contributed by atoms with Gasteiger partial charge in [0.15, 0.2) is 11.6 Å². The molecule has 0 aromatic carbocycles. The second kappa shape index (κ2) is 4.44. The van der Waals surface area contributed by atoms with Crippen LogP contribution in [0.3, 0.4) is 0 Å². The van der Waals surface area contributed by atoms with E-state index in [9.17, 15) is 4.79 Å². The van der Waals surface area contributed by atoms with Gasteiger partial charge in [0.25, 0.3) is 0 Å². The molecule has 4 aliphatic carbocycles. The molecule has 0 unspecified atom stereocenters. The van der Waals surface area contributed by atoms with E-state index < -0.39 is 0 Å². The first-order valence-electron chi connectivity index (χ1n) is 8.22. The summed E-state index contributed by atoms with van der Waals surface area (Å²) in [5.74, 6) is 3.71. The Morgan fingerprint density at radius 1 is 1.25 bits per heavy atom. The van der Waals surface area contributed by atoms with Gasteiger partial charge in [-0.2, -0.15) is 0 Å². The van der Waals surface area contributed by atoms with Crippen LogP contribution in [-0.2, 0) is 6.54 Å². The molecule has 4 saturated carbocycles. The number of aromatic nitrogens is 2. The molecule has 4 bridgehead atoms. The Hall–Kier alpha value is -1.12. The molecule has 0 saturated heterocycles. The molecule has 0 amide bonds. The predicted octanol–water partition coefficient (Wildman–Crippen LogP) is 3.69. The van der Waals surface area contributed by atoms with E-state index in [0.717, 1.165) is 30.7 Å². The topological polar surface area (TPSA) is 34.9 Å². The average Bonchev–Trinajstić information content (AvgIpc) is 2.84. The van der Waals surface area contributed by atoms with Crippen molar-refractivity contribution in [3.8, 4) is 0 Å². The third-order valence-corrected chi connectivity index (χ3v) is 6.01. The molecule has 1 aromatic rings. The van der Waals surface area contributed by atoms with Gasteiger partial charge in [0, 0.05) is 25.4 Å². The molecule has 0 radical (unpaired) electrons. The highest BCUT2D eigenvalue weighted by atomic mass is 16.1. The van der Waals surface area contributed by atoms with Gasteiger partial charge in [-0.1, -0.05) is 0 Å². The quantitative estimate of drug-likeness (QED) is 0.783. The van der Waals surface area contributed by atoms with Crippen LogP contribution in [0.1, 0.15) is 62.5 Å². The normalized spacial score (nSPS) is 38.4. The van der Waals surface area contributed by atoms with Gasteiger partial charge in [-0.15, -0.1) is 0 Å². The van der Waals surface area contributed by atoms with E-state index in [1.54, 1.807) is 6.20 Å². The van der Waals surface area contributed by atoms with Crippen molar-refractivity contribution in [2.24, 2.45) is 23.2 Å². The Labute approximate surface area is 120 Å². The molecular formula is C17H24N2O. The van der Waals surface area contributed by atoms with Crippen molar-refractivity contribution in [3.05, 3.63) is 18.2 Å². The van der Waals surface area contributed by atoms with E-state index in [0.29, 0.717) is 11.2 Å². The lowest BCUT2D eigenvalue weighted by molar-refractivity contribution is -0.0525. The van der Waals surface area contributed by atoms with E-state index in [4.69, 9.17) is 0 Å². The summed E-state index contributed by atoms with van der Waals surface area (Å²) < 4.78 is 1.99. The van der Waals surface area contributed by atoms with E-state index >= 15 is 0 Å². The molecule has 4 aliphatic rings. The van der Waals surface area contributed by atoms with E-state index in [1.165, 1.54) is 38.5 Å². The summed E-state index contributed by atoms with van der Waals surface area (Å²) in [7, 11) is 0. The molecule has 1 aromatic heterocycles. The molecule has 0 aliphatic heterocycles. The number of hydrogen-bond acceptors (Lipinski definition) is 2. The molecule has 3 heteroatoms. The number of Topliss-reactive ketones (excluding diaryl/α,β-unsaturated/α-hetero) is 1. The molecule has 5 rings (SSSR count). The number of hydrogen-bond donors (Lipinski definition) is 0. The Kier molecular flexibility index (Phi) is 2.80. The van der Waals surface area contributed by atoms with Gasteiger partial charge in [0.05, 0.1) is 0 Å². The van der Waals surface area contributed by atoms with Crippen LogP contribution in [0.15, 0.2) is 12.4 Å². The zero-order chi connectivity index (χ0) is 13.7. The van der Waals surface area contributed by atoms with Gasteiger partial charge >= 0.3 is 0 Å². The molecule has 0 atom stereocenters. The first-order chi connectivity index (χ1) is 9.67. The lowest BCUT2D eigenvalue weighted by atomic mass is 9.48. The Bertz CT molecular complexity index is 496. The summed E-state index contributed by atoms with van der Waals surface area (Å²) in [6.45, 7) is 2.91. The van der Waals surface area contributed by atoms with Crippen molar-refractivity contribution in [1.82, 2.24) is 9.55 Å². The maximum absolute atomic E-state index is 12.7. The summed E-state index contributed by atoms with van der Waals surface area (Å²) in [4.78, 5) is 17.0. The molecule has 20 heavy (non-hydrogen) atoms. The fraction of sp³-hybridized carbons (Fsp3) is 0.765. The van der Waals surface area contributed by atoms with Crippen molar-refractivity contribution in [3.63, 3.8) is 0 Å². The van der Waals surface area contributed by atoms with Gasteiger partial charge in [-0.05, 0) is 68.6 Å². The van der Waals surface area contributed by atoms with Gasteiger partial charge in [0.2, 0.25) is 0 Å². The van der Waals surface area contributed by atoms with E-state index in [2.05, 4.69) is 11.9 Å². The van der Waals surface area contributed by atoms with Gasteiger partial charge < -0.3 is 4.57 Å². The number of rotatable bonds is 4. The van der Waals surface area contributed by atoms with E-state index in [1.807, 2.05) is 10.8 Å². The zero-order valence-corrected chi connectivity index (χ0v) is 12.3. The standard InChI is InChI=1S/C17H24N2O/c1-2-19-4-3-18-16(19)15(20)11-17-8-12-5-13(9-17)7-14(6-12)10-17/h3-4,12-14H,2,5-11H2,1H3. The fourth-order valence-corrected chi connectivity index (χ4v) is 5.74. The molecule has 0 N–H and O–H groups in total. The lowest BCUT2D eigenvalue weighted by Crippen LogP contribution is -2.47. The van der Waals surface area contributed by atoms with Crippen molar-refractivity contribution in [2.45, 2.75) is 58.4 Å². The van der Waals surface area contributed by atoms with Gasteiger partial charge in [-0.3, -0.25) is 4.79 Å². The maximum Gasteiger partial charge on any atom is 0.198 e. The minimum Gasteiger partial charge on any atom is -0.329 e. The first-order valence-corrected chi connectivity index (χ1v) is 8.22.